The highest BCUT2D eigenvalue weighted by Crippen LogP contribution is 2.49. The minimum absolute atomic E-state index is 0.0180. The van der Waals surface area contributed by atoms with Crippen LogP contribution < -0.4 is 47.0 Å². The second-order valence-corrected chi connectivity index (χ2v) is 43.0. The number of benzene rings is 7. The normalized spacial score (nSPS) is 16.0. The monoisotopic (exact) mass is 1950 g/mol. The number of thiophene rings is 3. The van der Waals surface area contributed by atoms with Gasteiger partial charge >= 0.3 is 24.1 Å². The molecule has 7 aromatic heterocycles. The third kappa shape index (κ3) is 25.3. The summed E-state index contributed by atoms with van der Waals surface area (Å²) in [5.41, 5.74) is 29.6. The second kappa shape index (κ2) is 43.9. The van der Waals surface area contributed by atoms with Crippen LogP contribution in [0.15, 0.2) is 204 Å². The van der Waals surface area contributed by atoms with E-state index in [1.165, 1.54) is 105 Å². The van der Waals surface area contributed by atoms with Crippen LogP contribution in [0.3, 0.4) is 0 Å². The molecule has 0 atom stereocenters. The van der Waals surface area contributed by atoms with Gasteiger partial charge in [0, 0.05) is 137 Å². The maximum absolute atomic E-state index is 13.9. The van der Waals surface area contributed by atoms with Crippen molar-refractivity contribution in [1.82, 2.24) is 25.3 Å². The Morgan fingerprint density at radius 3 is 1.10 bits per heavy atom. The number of nitrogen functional groups attached to an aromatic ring is 2. The molecule has 0 radical (unpaired) electrons. The molecule has 4 aliphatic heterocycles. The first kappa shape index (κ1) is 98.1. The van der Waals surface area contributed by atoms with E-state index in [0.717, 1.165) is 207 Å². The number of ketones is 2. The van der Waals surface area contributed by atoms with E-state index in [1.807, 2.05) is 168 Å². The summed E-state index contributed by atoms with van der Waals surface area (Å²) >= 11 is 4.98. The van der Waals surface area contributed by atoms with Crippen molar-refractivity contribution in [3.05, 3.63) is 260 Å². The Balaban J connectivity index is 0.000000120. The number of rotatable bonds is 22. The van der Waals surface area contributed by atoms with Gasteiger partial charge in [0.25, 0.3) is 0 Å². The lowest BCUT2D eigenvalue weighted by molar-refractivity contribution is 0.0524. The van der Waals surface area contributed by atoms with E-state index < -0.39 is 29.4 Å². The Morgan fingerprint density at radius 2 is 0.730 bits per heavy atom. The predicted molar refractivity (Wildman–Crippen MR) is 575 cm³/mol. The number of anilines is 8. The van der Waals surface area contributed by atoms with Gasteiger partial charge in [0.1, 0.15) is 34.5 Å². The largest absolute Gasteiger partial charge is 0.478 e. The SMILES string of the molecule is CC(C)(C)OC(=O)Nc1ccc(-c2cccs2)cc1CC(=O)c1cc(C2CC2)c2nc(N3CCCCC3)ccc2c1.CC(C)(C)OC(=O)Nc1ccc(-c2cccs2)cc1N.CCOC(=O)c1cc(C2CC2)c2nc(N3CCCCC3)ccc2c1.Nc1ccc(-c2cccs2)cc1CC(=O)c1cc(C2CC2)c2nc(N3CCNCC3)ccc2c1.O=C(O)c1cc(C2CC2)c2nc(N3CCCCC3)ccc2c1. The molecule has 0 spiro atoms. The molecule has 0 bridgehead atoms. The molecule has 0 unspecified atom stereocenters. The lowest BCUT2D eigenvalue weighted by Gasteiger charge is -2.28. The number of pyridine rings is 4. The lowest BCUT2D eigenvalue weighted by atomic mass is 9.95. The summed E-state index contributed by atoms with van der Waals surface area (Å²) in [4.78, 5) is 108. The zero-order valence-corrected chi connectivity index (χ0v) is 84.2. The van der Waals surface area contributed by atoms with Crippen LogP contribution in [0.25, 0.3) is 74.9 Å². The van der Waals surface area contributed by atoms with Crippen molar-refractivity contribution in [2.45, 2.75) is 205 Å². The molecular formula is C115H127N13O10S3. The number of carboxylic acids is 1. The predicted octanol–water partition coefficient (Wildman–Crippen LogP) is 26.3. The number of amides is 2. The highest BCUT2D eigenvalue weighted by Gasteiger charge is 2.34. The zero-order valence-electron chi connectivity index (χ0n) is 81.7. The van der Waals surface area contributed by atoms with E-state index in [9.17, 15) is 33.9 Å². The number of carbonyl (C=O) groups is 6. The van der Waals surface area contributed by atoms with Crippen LogP contribution in [-0.4, -0.2) is 144 Å². The average molecular weight is 1950 g/mol. The Labute approximate surface area is 837 Å². The molecular weight excluding hydrogens is 1820 g/mol. The molecule has 4 saturated carbocycles. The molecule has 26 heteroatoms. The first-order valence-electron chi connectivity index (χ1n) is 50.2. The van der Waals surface area contributed by atoms with Gasteiger partial charge < -0.3 is 55.7 Å². The van der Waals surface area contributed by atoms with Crippen LogP contribution in [0.4, 0.5) is 55.6 Å². The Morgan fingerprint density at radius 1 is 0.390 bits per heavy atom. The van der Waals surface area contributed by atoms with Crippen molar-refractivity contribution in [2.24, 2.45) is 0 Å². The van der Waals surface area contributed by atoms with Crippen LogP contribution in [-0.2, 0) is 27.1 Å². The van der Waals surface area contributed by atoms with Crippen LogP contribution in [0.2, 0.25) is 0 Å². The van der Waals surface area contributed by atoms with Crippen molar-refractivity contribution in [3.63, 3.8) is 0 Å². The number of nitrogens with two attached hydrogens (primary N) is 2. The number of piperazine rings is 1. The van der Waals surface area contributed by atoms with Crippen molar-refractivity contribution < 1.29 is 48.1 Å². The summed E-state index contributed by atoms with van der Waals surface area (Å²) in [6.07, 6.45) is 20.0. The van der Waals surface area contributed by atoms with Crippen molar-refractivity contribution in [3.8, 4) is 31.3 Å². The molecule has 141 heavy (non-hydrogen) atoms. The summed E-state index contributed by atoms with van der Waals surface area (Å²) in [6, 6.07) is 62.0. The van der Waals surface area contributed by atoms with Gasteiger partial charge in [-0.2, -0.15) is 0 Å². The minimum Gasteiger partial charge on any atom is -0.478 e. The molecule has 8 fully saturated rings. The average Bonchev–Trinajstić information content (AvgIpc) is 1.28. The molecule has 7 aromatic carbocycles. The van der Waals surface area contributed by atoms with E-state index in [4.69, 9.17) is 45.6 Å². The highest BCUT2D eigenvalue weighted by atomic mass is 32.1. The number of hydrogen-bond donors (Lipinski definition) is 6. The molecule has 22 rings (SSSR count). The number of ether oxygens (including phenoxy) is 3. The maximum Gasteiger partial charge on any atom is 0.412 e. The van der Waals surface area contributed by atoms with Gasteiger partial charge in [0.05, 0.1) is 51.2 Å². The lowest BCUT2D eigenvalue weighted by Crippen LogP contribution is -2.43. The number of carbonyl (C=O) groups excluding carboxylic acids is 5. The first-order valence-corrected chi connectivity index (χ1v) is 52.8. The minimum atomic E-state index is -0.857. The molecule has 2 amide bonds. The van der Waals surface area contributed by atoms with Gasteiger partial charge in [-0.05, 0) is 399 Å². The zero-order chi connectivity index (χ0) is 98.0. The number of aromatic carboxylic acids is 1. The fraction of sp³-hybridized carbons (Fsp3) is 0.374. The van der Waals surface area contributed by atoms with E-state index in [0.29, 0.717) is 76.1 Å². The molecule has 4 aliphatic carbocycles. The van der Waals surface area contributed by atoms with Gasteiger partial charge in [0.2, 0.25) is 0 Å². The number of nitrogens with one attached hydrogen (secondary N) is 3. The van der Waals surface area contributed by atoms with Gasteiger partial charge in [-0.15, -0.1) is 34.0 Å². The standard InChI is InChI=1S/C34H37N3O3S.C28H28N4OS.C20H24N2O2.C18H20N2O2.C15H18N2O2S/c1-34(2,3)40-33(39)35-28-13-11-23(30-8-7-17-41-30)18-25(28)21-29(38)26-19-24-12-14-31(37-15-5-4-6-16-37)36-32(24)27(20-26)22-9-10-22;29-24-7-5-19(26-2-1-13-34-26)14-21(24)17-25(33)22-15-20-6-8-27(32-11-9-30-10-12-32)31-28(20)23(16-22)18-3-4-18;1-2-24-20(23)16-12-15-8-9-18(22-10-4-3-5-11-22)21-19(15)17(13-16)14-6-7-14;21-18(22)14-10-13-6-7-16(20-8-2-1-3-9-20)19-17(13)15(11-14)12-4-5-12;1-15(2,3)19-14(18)17-12-7-6-10(9-11(12)16)13-5-4-8-20-13/h7-8,11-14,17-20,22H,4-6,9-10,15-16,21H2,1-3H3,(H,35,39);1-2,5-8,13-16,18,30H,3-4,9-12,17,29H2;8-9,12-14H,2-7,10-11H2,1H3;6-7,10-12H,1-5,8-9H2,(H,21,22);4-9H,16H2,1-3H3,(H,17,18). The van der Waals surface area contributed by atoms with Gasteiger partial charge in [-0.3, -0.25) is 20.2 Å². The number of aromatic nitrogens is 4. The summed E-state index contributed by atoms with van der Waals surface area (Å²) in [6.45, 7) is 23.5. The Hall–Kier alpha value is -13.1. The van der Waals surface area contributed by atoms with Crippen molar-refractivity contribution >= 4 is 159 Å². The van der Waals surface area contributed by atoms with Crippen LogP contribution in [0, 0.1) is 0 Å². The quantitative estimate of drug-likeness (QED) is 0.0159. The molecule has 730 valence electrons. The van der Waals surface area contributed by atoms with Crippen LogP contribution >= 0.6 is 34.0 Å². The maximum atomic E-state index is 13.9. The van der Waals surface area contributed by atoms with E-state index in [2.05, 4.69) is 108 Å². The fourth-order valence-electron chi connectivity index (χ4n) is 19.0. The molecule has 8 N–H and O–H groups in total. The van der Waals surface area contributed by atoms with Gasteiger partial charge in [-0.25, -0.2) is 39.1 Å². The van der Waals surface area contributed by atoms with Gasteiger partial charge in [-0.1, -0.05) is 36.4 Å². The molecule has 23 nitrogen and oxygen atoms in total. The number of hydrogen-bond acceptors (Lipinski definition) is 23. The third-order valence-electron chi connectivity index (χ3n) is 26.9. The fourth-order valence-corrected chi connectivity index (χ4v) is 21.2. The third-order valence-corrected chi connectivity index (χ3v) is 29.6. The highest BCUT2D eigenvalue weighted by molar-refractivity contribution is 7.14. The summed E-state index contributed by atoms with van der Waals surface area (Å²) in [5, 5.41) is 28.4. The van der Waals surface area contributed by atoms with E-state index in [1.54, 1.807) is 46.1 Å². The number of carboxylic acid groups (broad SMARTS) is 1. The molecule has 4 saturated heterocycles. The number of fused-ring (bicyclic) bond motifs is 4. The topological polar surface area (TPSA) is 303 Å². The second-order valence-electron chi connectivity index (χ2n) is 40.2. The number of piperidine rings is 3. The summed E-state index contributed by atoms with van der Waals surface area (Å²) in [7, 11) is 0. The number of esters is 1. The first-order chi connectivity index (χ1) is 68.2. The van der Waals surface area contributed by atoms with Crippen molar-refractivity contribution in [2.75, 3.05) is 114 Å². The van der Waals surface area contributed by atoms with Gasteiger partial charge in [0.15, 0.2) is 11.6 Å². The molecule has 14 aromatic rings. The smallest absolute Gasteiger partial charge is 0.412 e. The summed E-state index contributed by atoms with van der Waals surface area (Å²) < 4.78 is 15.9. The van der Waals surface area contributed by atoms with Crippen LogP contribution in [0.1, 0.15) is 256 Å². The Bertz CT molecular complexity index is 6870. The number of Topliss-reactive ketones (excluding diaryl/α,β-unsaturated/α-hetero) is 2. The van der Waals surface area contributed by atoms with E-state index >= 15 is 0 Å². The van der Waals surface area contributed by atoms with Crippen molar-refractivity contribution in [1.29, 1.82) is 0 Å². The molecule has 8 aliphatic rings. The molecule has 11 heterocycles. The van der Waals surface area contributed by atoms with E-state index in [-0.39, 0.29) is 24.0 Å². The summed E-state index contributed by atoms with van der Waals surface area (Å²) in [5.74, 6) is 5.23. The number of nitrogens with zero attached hydrogens (tertiary/aromatic N) is 8. The van der Waals surface area contributed by atoms with Crippen LogP contribution in [0.5, 0.6) is 0 Å². The Kier molecular flexibility index (Phi) is 30.6.